The van der Waals surface area contributed by atoms with Crippen molar-refractivity contribution in [2.75, 3.05) is 7.11 Å². The molecule has 94 valence electrons. The highest BCUT2D eigenvalue weighted by Crippen LogP contribution is 2.43. The number of methoxy groups -OCH3 is 1. The van der Waals surface area contributed by atoms with Crippen molar-refractivity contribution in [2.45, 2.75) is 24.0 Å². The van der Waals surface area contributed by atoms with Crippen LogP contribution in [0.3, 0.4) is 0 Å². The van der Waals surface area contributed by atoms with Gasteiger partial charge in [-0.3, -0.25) is 9.69 Å². The molecule has 0 aliphatic carbocycles. The first-order chi connectivity index (χ1) is 8.61. The molecule has 1 aliphatic rings. The summed E-state index contributed by atoms with van der Waals surface area (Å²) in [7, 11) is 1.54. The molecule has 1 aliphatic heterocycles. The van der Waals surface area contributed by atoms with E-state index in [9.17, 15) is 10.1 Å². The molecular formula is C13H13BrN2O2. The molecule has 18 heavy (non-hydrogen) atoms. The zero-order chi connectivity index (χ0) is 13.3. The van der Waals surface area contributed by atoms with Crippen LogP contribution in [0.15, 0.2) is 24.3 Å². The first-order valence-electron chi connectivity index (χ1n) is 5.56. The molecule has 0 N–H and O–H groups in total. The Bertz CT molecular complexity index is 512. The second-order valence-electron chi connectivity index (χ2n) is 4.11. The summed E-state index contributed by atoms with van der Waals surface area (Å²) in [5, 5.41) is 9.34. The lowest BCUT2D eigenvalue weighted by molar-refractivity contribution is -0.145. The number of fused-ring (bicyclic) bond motifs is 1. The Morgan fingerprint density at radius 3 is 2.56 bits per heavy atom. The molecule has 0 spiro atoms. The van der Waals surface area contributed by atoms with Crippen LogP contribution in [0.1, 0.15) is 28.9 Å². The molecule has 1 heterocycles. The van der Waals surface area contributed by atoms with Crippen LogP contribution in [-0.2, 0) is 9.53 Å². The Labute approximate surface area is 114 Å². The molecule has 4 nitrogen and oxygen atoms in total. The zero-order valence-electron chi connectivity index (χ0n) is 10.1. The van der Waals surface area contributed by atoms with Gasteiger partial charge in [0.25, 0.3) is 0 Å². The molecule has 2 rings (SSSR count). The van der Waals surface area contributed by atoms with Gasteiger partial charge in [-0.05, 0) is 11.1 Å². The lowest BCUT2D eigenvalue weighted by Crippen LogP contribution is -2.47. The number of halogens is 1. The fourth-order valence-electron chi connectivity index (χ4n) is 2.33. The minimum atomic E-state index is -0.600. The molecule has 1 aromatic rings. The summed E-state index contributed by atoms with van der Waals surface area (Å²) in [4.78, 5) is 13.1. The summed E-state index contributed by atoms with van der Waals surface area (Å²) in [5.74, 6) is -0.174. The fourth-order valence-corrected chi connectivity index (χ4v) is 3.22. The largest absolute Gasteiger partial charge is 0.360 e. The summed E-state index contributed by atoms with van der Waals surface area (Å²) in [5.41, 5.74) is 1.85. The number of hydrogen-bond acceptors (Lipinski definition) is 3. The summed E-state index contributed by atoms with van der Waals surface area (Å²) >= 11 is 3.55. The van der Waals surface area contributed by atoms with Crippen LogP contribution in [0.2, 0.25) is 0 Å². The smallest absolute Gasteiger partial charge is 0.222 e. The van der Waals surface area contributed by atoms with Crippen LogP contribution < -0.4 is 0 Å². The van der Waals surface area contributed by atoms with Crippen molar-refractivity contribution in [3.63, 3.8) is 0 Å². The van der Waals surface area contributed by atoms with E-state index >= 15 is 0 Å². The van der Waals surface area contributed by atoms with Crippen molar-refractivity contribution in [3.8, 4) is 6.07 Å². The SMILES string of the molecule is COC1C(Br)c2ccccc2C(C#N)N1C(C)=O. The van der Waals surface area contributed by atoms with Crippen molar-refractivity contribution in [3.05, 3.63) is 35.4 Å². The van der Waals surface area contributed by atoms with Gasteiger partial charge in [0, 0.05) is 14.0 Å². The van der Waals surface area contributed by atoms with E-state index in [1.165, 1.54) is 18.9 Å². The average Bonchev–Trinajstić information content (AvgIpc) is 2.38. The number of amides is 1. The summed E-state index contributed by atoms with van der Waals surface area (Å²) < 4.78 is 5.37. The molecule has 3 unspecified atom stereocenters. The van der Waals surface area contributed by atoms with E-state index in [0.717, 1.165) is 11.1 Å². The summed E-state index contributed by atoms with van der Waals surface area (Å²) in [6.45, 7) is 1.45. The van der Waals surface area contributed by atoms with Crippen LogP contribution in [-0.4, -0.2) is 24.1 Å². The number of alkyl halides is 1. The van der Waals surface area contributed by atoms with Crippen LogP contribution in [0.25, 0.3) is 0 Å². The van der Waals surface area contributed by atoms with Gasteiger partial charge in [0.15, 0.2) is 0 Å². The lowest BCUT2D eigenvalue weighted by Gasteiger charge is -2.41. The second kappa shape index (κ2) is 5.09. The van der Waals surface area contributed by atoms with Gasteiger partial charge in [-0.1, -0.05) is 40.2 Å². The van der Waals surface area contributed by atoms with Gasteiger partial charge in [-0.15, -0.1) is 0 Å². The molecule has 0 saturated heterocycles. The Kier molecular flexibility index (Phi) is 3.69. The minimum Gasteiger partial charge on any atom is -0.360 e. The maximum absolute atomic E-state index is 11.8. The number of nitriles is 1. The topological polar surface area (TPSA) is 53.3 Å². The number of carbonyl (C=O) groups excluding carboxylic acids is 1. The molecule has 3 atom stereocenters. The third-order valence-electron chi connectivity index (χ3n) is 3.12. The van der Waals surface area contributed by atoms with Gasteiger partial charge in [0.2, 0.25) is 5.91 Å². The number of carbonyl (C=O) groups is 1. The molecule has 0 saturated carbocycles. The van der Waals surface area contributed by atoms with E-state index in [1.807, 2.05) is 24.3 Å². The second-order valence-corrected chi connectivity index (χ2v) is 5.10. The highest BCUT2D eigenvalue weighted by molar-refractivity contribution is 9.09. The number of ether oxygens (including phenoxy) is 1. The van der Waals surface area contributed by atoms with E-state index < -0.39 is 12.3 Å². The van der Waals surface area contributed by atoms with E-state index in [0.29, 0.717) is 0 Å². The Balaban J connectivity index is 2.59. The number of rotatable bonds is 1. The maximum atomic E-state index is 11.8. The highest BCUT2D eigenvalue weighted by Gasteiger charge is 2.41. The number of benzene rings is 1. The van der Waals surface area contributed by atoms with Crippen molar-refractivity contribution >= 4 is 21.8 Å². The van der Waals surface area contributed by atoms with Crippen LogP contribution in [0.5, 0.6) is 0 Å². The van der Waals surface area contributed by atoms with E-state index in [2.05, 4.69) is 22.0 Å². The monoisotopic (exact) mass is 308 g/mol. The zero-order valence-corrected chi connectivity index (χ0v) is 11.7. The fraction of sp³-hybridized carbons (Fsp3) is 0.385. The molecule has 1 aromatic carbocycles. The molecule has 0 aromatic heterocycles. The Morgan fingerprint density at radius 2 is 2.06 bits per heavy atom. The van der Waals surface area contributed by atoms with E-state index in [4.69, 9.17) is 4.74 Å². The first-order valence-corrected chi connectivity index (χ1v) is 6.47. The highest BCUT2D eigenvalue weighted by atomic mass is 79.9. The summed E-state index contributed by atoms with van der Waals surface area (Å²) in [6.07, 6.45) is -0.470. The van der Waals surface area contributed by atoms with Crippen LogP contribution >= 0.6 is 15.9 Å². The van der Waals surface area contributed by atoms with Gasteiger partial charge >= 0.3 is 0 Å². The normalized spacial score (nSPS) is 26.3. The molecule has 1 amide bonds. The van der Waals surface area contributed by atoms with E-state index in [-0.39, 0.29) is 10.7 Å². The predicted octanol–water partition coefficient (Wildman–Crippen LogP) is 2.52. The van der Waals surface area contributed by atoms with Crippen molar-refractivity contribution in [2.24, 2.45) is 0 Å². The maximum Gasteiger partial charge on any atom is 0.222 e. The minimum absolute atomic E-state index is 0.132. The Morgan fingerprint density at radius 1 is 1.44 bits per heavy atom. The predicted molar refractivity (Wildman–Crippen MR) is 69.8 cm³/mol. The third-order valence-corrected chi connectivity index (χ3v) is 4.06. The van der Waals surface area contributed by atoms with Gasteiger partial charge < -0.3 is 4.74 Å². The number of nitrogens with zero attached hydrogens (tertiary/aromatic N) is 2. The van der Waals surface area contributed by atoms with Crippen molar-refractivity contribution < 1.29 is 9.53 Å². The molecule has 5 heteroatoms. The summed E-state index contributed by atoms with van der Waals surface area (Å²) in [6, 6.07) is 9.19. The van der Waals surface area contributed by atoms with Crippen molar-refractivity contribution in [1.29, 1.82) is 5.26 Å². The lowest BCUT2D eigenvalue weighted by atomic mass is 9.92. The van der Waals surface area contributed by atoms with Gasteiger partial charge in [0.05, 0.1) is 10.9 Å². The molecular weight excluding hydrogens is 296 g/mol. The molecule has 0 fully saturated rings. The standard InChI is InChI=1S/C13H13BrN2O2/c1-8(17)16-11(7-15)9-5-3-4-6-10(9)12(14)13(16)18-2/h3-6,11-13H,1-2H3. The average molecular weight is 309 g/mol. The van der Waals surface area contributed by atoms with Gasteiger partial charge in [-0.25, -0.2) is 0 Å². The van der Waals surface area contributed by atoms with Gasteiger partial charge in [0.1, 0.15) is 12.3 Å². The first kappa shape index (κ1) is 13.1. The quantitative estimate of drug-likeness (QED) is 0.749. The molecule has 0 radical (unpaired) electrons. The van der Waals surface area contributed by atoms with Crippen molar-refractivity contribution in [1.82, 2.24) is 4.90 Å². The Hall–Kier alpha value is -1.38. The van der Waals surface area contributed by atoms with Gasteiger partial charge in [-0.2, -0.15) is 5.26 Å². The third kappa shape index (κ3) is 1.92. The molecule has 0 bridgehead atoms. The van der Waals surface area contributed by atoms with Crippen LogP contribution in [0, 0.1) is 11.3 Å². The van der Waals surface area contributed by atoms with E-state index in [1.54, 1.807) is 0 Å². The van der Waals surface area contributed by atoms with Crippen LogP contribution in [0.4, 0.5) is 0 Å². The number of hydrogen-bond donors (Lipinski definition) is 0.